The Balaban J connectivity index is 1.04. The summed E-state index contributed by atoms with van der Waals surface area (Å²) in [6, 6.07) is 0.397. The summed E-state index contributed by atoms with van der Waals surface area (Å²) in [7, 11) is 0. The lowest BCUT2D eigenvalue weighted by Crippen LogP contribution is -2.57. The largest absolute Gasteiger partial charge is 0.462 e. The molecule has 0 aromatic carbocycles. The highest BCUT2D eigenvalue weighted by atomic mass is 35.5. The summed E-state index contributed by atoms with van der Waals surface area (Å²) in [4.78, 5) is 33.1. The van der Waals surface area contributed by atoms with E-state index < -0.39 is 11.4 Å². The molecule has 0 radical (unpaired) electrons. The molecular weight excluding hydrogens is 609 g/mol. The molecule has 7 rings (SSSR count). The molecule has 1 saturated carbocycles. The Labute approximate surface area is 276 Å². The molecule has 3 atom stereocenters. The molecule has 1 aliphatic carbocycles. The topological polar surface area (TPSA) is 96.0 Å². The van der Waals surface area contributed by atoms with Gasteiger partial charge in [0.25, 0.3) is 0 Å². The van der Waals surface area contributed by atoms with Crippen molar-refractivity contribution >= 4 is 34.4 Å². The zero-order chi connectivity index (χ0) is 32.1. The smallest absolute Gasteiger partial charge is 0.410 e. The number of halogens is 2. The number of piperazine rings is 1. The molecule has 1 N–H and O–H groups in total. The molecule has 2 bridgehead atoms. The van der Waals surface area contributed by atoms with Crippen LogP contribution in [0.4, 0.5) is 15.0 Å². The van der Waals surface area contributed by atoms with Crippen LogP contribution in [-0.2, 0) is 4.74 Å². The molecule has 1 amide bonds. The van der Waals surface area contributed by atoms with Crippen LogP contribution in [0.5, 0.6) is 6.01 Å². The lowest BCUT2D eigenvalue weighted by Gasteiger charge is -2.44. The van der Waals surface area contributed by atoms with Crippen molar-refractivity contribution in [1.82, 2.24) is 30.1 Å². The fourth-order valence-corrected chi connectivity index (χ4v) is 8.89. The Morgan fingerprint density at radius 1 is 1.07 bits per heavy atom. The monoisotopic (exact) mass is 657 g/mol. The first kappa shape index (κ1) is 32.1. The fraction of sp³-hybridized carbons (Fsp3) is 0.765. The van der Waals surface area contributed by atoms with Gasteiger partial charge in [0.05, 0.1) is 17.5 Å². The summed E-state index contributed by atoms with van der Waals surface area (Å²) in [6.45, 7) is 11.8. The predicted octanol–water partition coefficient (Wildman–Crippen LogP) is 5.81. The molecule has 1 spiro atoms. The standard InChI is InChI=1S/C34H49ClFN7O3/c1-33(2,3)46-32(44)43-23-6-7-24(43)20-42(19-23)30-26-17-38-29(35)27(36)28(26)39-31(40-30)45-21-25-5-4-16-41(25)18-22-8-10-34(11-9-22)12-14-37-15-13-34/h17,22-25,37H,4-16,18-21H2,1-3H3/t23?,24?,25-/m0/s1. The quantitative estimate of drug-likeness (QED) is 0.386. The highest BCUT2D eigenvalue weighted by Crippen LogP contribution is 2.45. The number of fused-ring (bicyclic) bond motifs is 3. The zero-order valence-corrected chi connectivity index (χ0v) is 28.3. The third-order valence-electron chi connectivity index (χ3n) is 11.2. The van der Waals surface area contributed by atoms with Crippen LogP contribution in [0.15, 0.2) is 6.20 Å². The summed E-state index contributed by atoms with van der Waals surface area (Å²) in [5, 5.41) is 3.80. The van der Waals surface area contributed by atoms with E-state index in [0.29, 0.717) is 36.3 Å². The second-order valence-electron chi connectivity index (χ2n) is 15.4. The van der Waals surface area contributed by atoms with E-state index in [4.69, 9.17) is 26.1 Å². The van der Waals surface area contributed by atoms with Gasteiger partial charge in [-0.1, -0.05) is 11.6 Å². The lowest BCUT2D eigenvalue weighted by atomic mass is 9.65. The molecule has 5 aliphatic rings. The van der Waals surface area contributed by atoms with Gasteiger partial charge in [-0.2, -0.15) is 9.97 Å². The van der Waals surface area contributed by atoms with Crippen molar-refractivity contribution in [1.29, 1.82) is 0 Å². The number of hydrogen-bond donors (Lipinski definition) is 1. The van der Waals surface area contributed by atoms with Crippen LogP contribution >= 0.6 is 11.6 Å². The summed E-state index contributed by atoms with van der Waals surface area (Å²) in [5.41, 5.74) is 0.126. The minimum atomic E-state index is -0.672. The second-order valence-corrected chi connectivity index (χ2v) is 15.8. The zero-order valence-electron chi connectivity index (χ0n) is 27.6. The molecule has 2 unspecified atom stereocenters. The Hall–Kier alpha value is -2.50. The van der Waals surface area contributed by atoms with Crippen LogP contribution in [0, 0.1) is 17.2 Å². The second kappa shape index (κ2) is 12.8. The summed E-state index contributed by atoms with van der Waals surface area (Å²) in [5.74, 6) is 0.638. The van der Waals surface area contributed by atoms with Crippen molar-refractivity contribution in [3.05, 3.63) is 17.2 Å². The molecule has 252 valence electrons. The number of carbonyl (C=O) groups is 1. The molecular formula is C34H49ClFN7O3. The van der Waals surface area contributed by atoms with E-state index in [0.717, 1.165) is 44.7 Å². The number of nitrogens with one attached hydrogen (secondary N) is 1. The molecule has 12 heteroatoms. The van der Waals surface area contributed by atoms with Gasteiger partial charge in [0.2, 0.25) is 0 Å². The minimum absolute atomic E-state index is 0.0235. The number of amides is 1. The molecule has 2 aromatic heterocycles. The van der Waals surface area contributed by atoms with Crippen LogP contribution in [0.2, 0.25) is 5.15 Å². The van der Waals surface area contributed by atoms with Gasteiger partial charge in [0.15, 0.2) is 11.0 Å². The van der Waals surface area contributed by atoms with Crippen LogP contribution in [0.1, 0.15) is 85.0 Å². The molecule has 10 nitrogen and oxygen atoms in total. The first-order chi connectivity index (χ1) is 22.1. The maximum Gasteiger partial charge on any atom is 0.410 e. The molecule has 46 heavy (non-hydrogen) atoms. The number of likely N-dealkylation sites (tertiary alicyclic amines) is 1. The van der Waals surface area contributed by atoms with E-state index in [1.165, 1.54) is 51.6 Å². The van der Waals surface area contributed by atoms with Crippen molar-refractivity contribution in [2.75, 3.05) is 50.8 Å². The number of piperidine rings is 1. The van der Waals surface area contributed by atoms with Crippen LogP contribution in [0.3, 0.4) is 0 Å². The van der Waals surface area contributed by atoms with Gasteiger partial charge in [-0.25, -0.2) is 14.2 Å². The average molecular weight is 658 g/mol. The van der Waals surface area contributed by atoms with E-state index in [9.17, 15) is 4.79 Å². The lowest BCUT2D eigenvalue weighted by molar-refractivity contribution is 0.0122. The fourth-order valence-electron chi connectivity index (χ4n) is 8.75. The summed E-state index contributed by atoms with van der Waals surface area (Å²) >= 11 is 6.11. The van der Waals surface area contributed by atoms with Crippen LogP contribution < -0.4 is 15.0 Å². The number of aromatic nitrogens is 3. The molecule has 4 saturated heterocycles. The third-order valence-corrected chi connectivity index (χ3v) is 11.5. The highest BCUT2D eigenvalue weighted by Gasteiger charge is 2.45. The number of hydrogen-bond acceptors (Lipinski definition) is 9. The third kappa shape index (κ3) is 6.61. The van der Waals surface area contributed by atoms with Crippen LogP contribution in [0.25, 0.3) is 10.9 Å². The number of ether oxygens (including phenoxy) is 2. The van der Waals surface area contributed by atoms with Crippen molar-refractivity contribution in [3.63, 3.8) is 0 Å². The summed E-state index contributed by atoms with van der Waals surface area (Å²) < 4.78 is 27.4. The predicted molar refractivity (Wildman–Crippen MR) is 176 cm³/mol. The van der Waals surface area contributed by atoms with Gasteiger partial charge in [-0.05, 0) is 116 Å². The van der Waals surface area contributed by atoms with Gasteiger partial charge in [0, 0.05) is 31.9 Å². The Morgan fingerprint density at radius 2 is 1.78 bits per heavy atom. The maximum absolute atomic E-state index is 15.4. The number of rotatable bonds is 6. The number of carbonyl (C=O) groups excluding carboxylic acids is 1. The minimum Gasteiger partial charge on any atom is -0.462 e. The summed E-state index contributed by atoms with van der Waals surface area (Å²) in [6.07, 6.45) is 13.3. The number of anilines is 1. The first-order valence-electron chi connectivity index (χ1n) is 17.4. The average Bonchev–Trinajstić information content (AvgIpc) is 3.58. The highest BCUT2D eigenvalue weighted by molar-refractivity contribution is 6.30. The SMILES string of the molecule is CC(C)(C)OC(=O)N1C2CCC1CN(c1nc(OC[C@@H]3CCCN3CC3CCC4(CCNCC4)CC3)nc3c(F)c(Cl)ncc13)C2. The van der Waals surface area contributed by atoms with Crippen molar-refractivity contribution in [2.45, 2.75) is 109 Å². The van der Waals surface area contributed by atoms with Crippen molar-refractivity contribution < 1.29 is 18.7 Å². The number of nitrogens with zero attached hydrogens (tertiary/aromatic N) is 6. The van der Waals surface area contributed by atoms with Gasteiger partial charge >= 0.3 is 12.1 Å². The number of pyridine rings is 1. The molecule has 2 aromatic rings. The van der Waals surface area contributed by atoms with Gasteiger partial charge in [0.1, 0.15) is 23.5 Å². The van der Waals surface area contributed by atoms with Gasteiger partial charge < -0.3 is 19.7 Å². The van der Waals surface area contributed by atoms with E-state index in [1.807, 2.05) is 25.7 Å². The van der Waals surface area contributed by atoms with Gasteiger partial charge in [-0.3, -0.25) is 9.80 Å². The normalized spacial score (nSPS) is 27.1. The molecule has 6 heterocycles. The van der Waals surface area contributed by atoms with Gasteiger partial charge in [-0.15, -0.1) is 0 Å². The Kier molecular flexibility index (Phi) is 8.95. The van der Waals surface area contributed by atoms with Crippen molar-refractivity contribution in [3.8, 4) is 6.01 Å². The molecule has 5 fully saturated rings. The van der Waals surface area contributed by atoms with E-state index in [2.05, 4.69) is 25.1 Å². The Bertz CT molecular complexity index is 1410. The molecule has 4 aliphatic heterocycles. The van der Waals surface area contributed by atoms with Crippen LogP contribution in [-0.4, -0.2) is 100 Å². The van der Waals surface area contributed by atoms with E-state index >= 15 is 4.39 Å². The van der Waals surface area contributed by atoms with E-state index in [1.54, 1.807) is 6.20 Å². The van der Waals surface area contributed by atoms with Crippen molar-refractivity contribution in [2.24, 2.45) is 11.3 Å². The first-order valence-corrected chi connectivity index (χ1v) is 17.8. The van der Waals surface area contributed by atoms with E-state index in [-0.39, 0.29) is 40.9 Å². The maximum atomic E-state index is 15.4. The Morgan fingerprint density at radius 3 is 2.48 bits per heavy atom.